The van der Waals surface area contributed by atoms with Crippen molar-refractivity contribution in [2.75, 3.05) is 37.9 Å². The number of nitrogen functional groups attached to an aromatic ring is 1. The van der Waals surface area contributed by atoms with Crippen LogP contribution in [0.4, 0.5) is 11.5 Å². The summed E-state index contributed by atoms with van der Waals surface area (Å²) >= 11 is 0. The molecular formula is C13H20N4O2. The van der Waals surface area contributed by atoms with Crippen molar-refractivity contribution in [2.45, 2.75) is 13.3 Å². The molecule has 0 bridgehead atoms. The van der Waals surface area contributed by atoms with Crippen LogP contribution < -0.4 is 20.7 Å². The number of methoxy groups -OCH3 is 1. The number of hydrogen-bond acceptors (Lipinski definition) is 5. The summed E-state index contributed by atoms with van der Waals surface area (Å²) in [5.74, 6) is 1.28. The third kappa shape index (κ3) is 2.43. The Balaban J connectivity index is 2.19. The maximum atomic E-state index is 11.9. The first-order chi connectivity index (χ1) is 9.00. The lowest BCUT2D eigenvalue weighted by Gasteiger charge is -2.23. The molecule has 1 saturated heterocycles. The number of hydrogen-bond donors (Lipinski definition) is 2. The third-order valence-corrected chi connectivity index (χ3v) is 3.64. The lowest BCUT2D eigenvalue weighted by atomic mass is 9.89. The number of pyridine rings is 1. The Morgan fingerprint density at radius 3 is 2.95 bits per heavy atom. The molecule has 0 saturated carbocycles. The third-order valence-electron chi connectivity index (χ3n) is 3.64. The number of aromatic nitrogens is 1. The van der Waals surface area contributed by atoms with E-state index >= 15 is 0 Å². The Bertz CT molecular complexity index is 492. The number of nitrogens with two attached hydrogens (primary N) is 1. The first-order valence-corrected chi connectivity index (χ1v) is 6.28. The van der Waals surface area contributed by atoms with Gasteiger partial charge in [-0.25, -0.2) is 0 Å². The van der Waals surface area contributed by atoms with Crippen LogP contribution in [0.5, 0.6) is 5.88 Å². The zero-order chi connectivity index (χ0) is 14.0. The summed E-state index contributed by atoms with van der Waals surface area (Å²) in [6.45, 7) is 3.41. The number of amides is 1. The van der Waals surface area contributed by atoms with Gasteiger partial charge in [0, 0.05) is 20.1 Å². The number of carbonyl (C=O) groups excluding carboxylic acids is 1. The van der Waals surface area contributed by atoms with Crippen LogP contribution in [0.3, 0.4) is 0 Å². The van der Waals surface area contributed by atoms with Crippen LogP contribution in [0, 0.1) is 5.41 Å². The summed E-state index contributed by atoms with van der Waals surface area (Å²) in [5.41, 5.74) is 5.89. The molecule has 6 nitrogen and oxygen atoms in total. The van der Waals surface area contributed by atoms with Gasteiger partial charge in [-0.15, -0.1) is 0 Å². The number of nitrogens with zero attached hydrogens (tertiary/aromatic N) is 2. The molecule has 1 atom stereocenters. The van der Waals surface area contributed by atoms with E-state index in [0.717, 1.165) is 18.8 Å². The molecular weight excluding hydrogens is 244 g/mol. The highest BCUT2D eigenvalue weighted by Gasteiger charge is 2.40. The predicted molar refractivity (Wildman–Crippen MR) is 74.2 cm³/mol. The van der Waals surface area contributed by atoms with E-state index in [0.29, 0.717) is 18.1 Å². The molecule has 0 aromatic carbocycles. The minimum atomic E-state index is -0.370. The van der Waals surface area contributed by atoms with Crippen molar-refractivity contribution < 1.29 is 9.53 Å². The zero-order valence-electron chi connectivity index (χ0n) is 11.6. The summed E-state index contributed by atoms with van der Waals surface area (Å²) in [4.78, 5) is 18.3. The number of carbonyl (C=O) groups is 1. The lowest BCUT2D eigenvalue weighted by Crippen LogP contribution is -2.39. The number of anilines is 2. The average molecular weight is 264 g/mol. The zero-order valence-corrected chi connectivity index (χ0v) is 11.6. The summed E-state index contributed by atoms with van der Waals surface area (Å²) in [5, 5.41) is 2.72. The van der Waals surface area contributed by atoms with Crippen LogP contribution in [-0.2, 0) is 4.79 Å². The van der Waals surface area contributed by atoms with Crippen molar-refractivity contribution in [3.05, 3.63) is 12.1 Å². The molecule has 1 aromatic rings. The Labute approximate surface area is 112 Å². The average Bonchev–Trinajstić information content (AvgIpc) is 2.82. The van der Waals surface area contributed by atoms with E-state index in [2.05, 4.69) is 15.2 Å². The van der Waals surface area contributed by atoms with Gasteiger partial charge >= 0.3 is 0 Å². The van der Waals surface area contributed by atoms with E-state index in [4.69, 9.17) is 10.5 Å². The van der Waals surface area contributed by atoms with Gasteiger partial charge in [-0.05, 0) is 25.5 Å². The minimum absolute atomic E-state index is 0.0670. The summed E-state index contributed by atoms with van der Waals surface area (Å²) in [6, 6.07) is 3.63. The van der Waals surface area contributed by atoms with E-state index in [9.17, 15) is 4.79 Å². The molecule has 6 heteroatoms. The van der Waals surface area contributed by atoms with E-state index in [1.165, 1.54) is 0 Å². The van der Waals surface area contributed by atoms with Gasteiger partial charge in [0.15, 0.2) is 0 Å². The summed E-state index contributed by atoms with van der Waals surface area (Å²) in [6.07, 6.45) is 0.807. The van der Waals surface area contributed by atoms with Crippen molar-refractivity contribution in [1.29, 1.82) is 0 Å². The Morgan fingerprint density at radius 2 is 2.32 bits per heavy atom. The molecule has 0 radical (unpaired) electrons. The molecule has 1 aliphatic heterocycles. The van der Waals surface area contributed by atoms with Crippen molar-refractivity contribution in [3.8, 4) is 5.88 Å². The van der Waals surface area contributed by atoms with E-state index in [-0.39, 0.29) is 11.3 Å². The van der Waals surface area contributed by atoms with Crippen molar-refractivity contribution in [2.24, 2.45) is 5.41 Å². The first-order valence-electron chi connectivity index (χ1n) is 6.28. The largest absolute Gasteiger partial charge is 0.479 e. The molecule has 2 heterocycles. The number of ether oxygens (including phenoxy) is 1. The van der Waals surface area contributed by atoms with Gasteiger partial charge < -0.3 is 20.7 Å². The number of rotatable bonds is 3. The van der Waals surface area contributed by atoms with Gasteiger partial charge in [0.1, 0.15) is 5.82 Å². The van der Waals surface area contributed by atoms with Crippen molar-refractivity contribution in [1.82, 2.24) is 10.3 Å². The van der Waals surface area contributed by atoms with Crippen LogP contribution >= 0.6 is 0 Å². The summed E-state index contributed by atoms with van der Waals surface area (Å²) in [7, 11) is 3.21. The Hall–Kier alpha value is -1.98. The topological polar surface area (TPSA) is 80.5 Å². The molecule has 1 unspecified atom stereocenters. The van der Waals surface area contributed by atoms with Gasteiger partial charge in [0.05, 0.1) is 18.2 Å². The van der Waals surface area contributed by atoms with E-state index in [1.807, 2.05) is 13.0 Å². The quantitative estimate of drug-likeness (QED) is 0.837. The Morgan fingerprint density at radius 1 is 1.58 bits per heavy atom. The molecule has 0 spiro atoms. The maximum absolute atomic E-state index is 11.9. The molecule has 3 N–H and O–H groups in total. The van der Waals surface area contributed by atoms with Crippen LogP contribution in [0.25, 0.3) is 0 Å². The highest BCUT2D eigenvalue weighted by Crippen LogP contribution is 2.34. The standard InChI is InChI=1S/C13H20N4O2/c1-13(12(18)15-2)6-7-17(8-13)10-5-4-9(14)11(16-10)19-3/h4-5H,6-8,14H2,1-3H3,(H,15,18). The first kappa shape index (κ1) is 13.5. The molecule has 19 heavy (non-hydrogen) atoms. The molecule has 1 aliphatic rings. The van der Waals surface area contributed by atoms with Gasteiger partial charge in [-0.3, -0.25) is 4.79 Å². The SMILES string of the molecule is CNC(=O)C1(C)CCN(c2ccc(N)c(OC)n2)C1. The molecule has 1 fully saturated rings. The fourth-order valence-electron chi connectivity index (χ4n) is 2.42. The van der Waals surface area contributed by atoms with Crippen LogP contribution in [0.1, 0.15) is 13.3 Å². The fraction of sp³-hybridized carbons (Fsp3) is 0.538. The second-order valence-corrected chi connectivity index (χ2v) is 5.08. The molecule has 1 amide bonds. The minimum Gasteiger partial charge on any atom is -0.479 e. The highest BCUT2D eigenvalue weighted by atomic mass is 16.5. The van der Waals surface area contributed by atoms with Gasteiger partial charge in [-0.2, -0.15) is 4.98 Å². The van der Waals surface area contributed by atoms with Gasteiger partial charge in [-0.1, -0.05) is 0 Å². The van der Waals surface area contributed by atoms with Gasteiger partial charge in [0.25, 0.3) is 0 Å². The Kier molecular flexibility index (Phi) is 3.50. The monoisotopic (exact) mass is 264 g/mol. The molecule has 104 valence electrons. The molecule has 1 aromatic heterocycles. The fourth-order valence-corrected chi connectivity index (χ4v) is 2.42. The van der Waals surface area contributed by atoms with Crippen molar-refractivity contribution >= 4 is 17.4 Å². The maximum Gasteiger partial charge on any atom is 0.238 e. The van der Waals surface area contributed by atoms with Crippen LogP contribution in [0.2, 0.25) is 0 Å². The second-order valence-electron chi connectivity index (χ2n) is 5.08. The van der Waals surface area contributed by atoms with Crippen molar-refractivity contribution in [3.63, 3.8) is 0 Å². The second kappa shape index (κ2) is 4.95. The molecule has 0 aliphatic carbocycles. The smallest absolute Gasteiger partial charge is 0.238 e. The predicted octanol–water partition coefficient (Wildman–Crippen LogP) is 0.635. The molecule has 2 rings (SSSR count). The highest BCUT2D eigenvalue weighted by molar-refractivity contribution is 5.83. The van der Waals surface area contributed by atoms with Crippen LogP contribution in [0.15, 0.2) is 12.1 Å². The van der Waals surface area contributed by atoms with Gasteiger partial charge in [0.2, 0.25) is 11.8 Å². The van der Waals surface area contributed by atoms with Crippen LogP contribution in [-0.4, -0.2) is 38.1 Å². The number of nitrogens with one attached hydrogen (secondary N) is 1. The summed E-state index contributed by atoms with van der Waals surface area (Å²) < 4.78 is 5.12. The van der Waals surface area contributed by atoms with E-state index < -0.39 is 0 Å². The lowest BCUT2D eigenvalue weighted by molar-refractivity contribution is -0.128. The van der Waals surface area contributed by atoms with E-state index in [1.54, 1.807) is 20.2 Å². The normalized spacial score (nSPS) is 22.4.